The summed E-state index contributed by atoms with van der Waals surface area (Å²) < 4.78 is 25.7. The van der Waals surface area contributed by atoms with Crippen LogP contribution in [0.3, 0.4) is 0 Å². The van der Waals surface area contributed by atoms with Crippen LogP contribution in [0.4, 0.5) is 14.5 Å². The molecule has 0 saturated carbocycles. The van der Waals surface area contributed by atoms with Crippen molar-refractivity contribution in [1.29, 1.82) is 0 Å². The van der Waals surface area contributed by atoms with E-state index in [1.165, 1.54) is 6.07 Å². The van der Waals surface area contributed by atoms with Gasteiger partial charge < -0.3 is 10.6 Å². The van der Waals surface area contributed by atoms with E-state index in [0.29, 0.717) is 12.2 Å². The highest BCUT2D eigenvalue weighted by molar-refractivity contribution is 5.80. The lowest BCUT2D eigenvalue weighted by Gasteiger charge is -2.07. The van der Waals surface area contributed by atoms with Gasteiger partial charge in [-0.3, -0.25) is 9.78 Å². The Morgan fingerprint density at radius 2 is 2.00 bits per heavy atom. The van der Waals surface area contributed by atoms with Crippen molar-refractivity contribution in [3.63, 3.8) is 0 Å². The fourth-order valence-corrected chi connectivity index (χ4v) is 1.54. The van der Waals surface area contributed by atoms with Gasteiger partial charge in [0.05, 0.1) is 18.8 Å². The number of amides is 1. The van der Waals surface area contributed by atoms with Crippen LogP contribution < -0.4 is 10.6 Å². The van der Waals surface area contributed by atoms with Crippen molar-refractivity contribution in [2.45, 2.75) is 6.54 Å². The van der Waals surface area contributed by atoms with Gasteiger partial charge >= 0.3 is 0 Å². The van der Waals surface area contributed by atoms with Crippen molar-refractivity contribution in [2.75, 3.05) is 11.9 Å². The van der Waals surface area contributed by atoms with Gasteiger partial charge in [0.2, 0.25) is 5.91 Å². The lowest BCUT2D eigenvalue weighted by atomic mass is 10.3. The van der Waals surface area contributed by atoms with E-state index in [0.717, 1.165) is 17.8 Å². The number of hydrogen-bond donors (Lipinski definition) is 2. The van der Waals surface area contributed by atoms with Crippen LogP contribution in [0.2, 0.25) is 0 Å². The predicted octanol–water partition coefficient (Wildman–Crippen LogP) is 2.09. The molecule has 1 aromatic carbocycles. The third kappa shape index (κ3) is 4.01. The second kappa shape index (κ2) is 6.60. The summed E-state index contributed by atoms with van der Waals surface area (Å²) in [6.07, 6.45) is 1.64. The summed E-state index contributed by atoms with van der Waals surface area (Å²) in [7, 11) is 0. The van der Waals surface area contributed by atoms with Gasteiger partial charge in [0.1, 0.15) is 0 Å². The van der Waals surface area contributed by atoms with Crippen molar-refractivity contribution in [3.8, 4) is 0 Å². The minimum Gasteiger partial charge on any atom is -0.376 e. The van der Waals surface area contributed by atoms with E-state index in [1.807, 2.05) is 6.07 Å². The molecule has 4 nitrogen and oxygen atoms in total. The Balaban J connectivity index is 1.79. The molecule has 2 N–H and O–H groups in total. The number of nitrogens with zero attached hydrogens (tertiary/aromatic N) is 1. The molecule has 104 valence electrons. The normalized spacial score (nSPS) is 10.1. The van der Waals surface area contributed by atoms with Gasteiger partial charge in [-0.15, -0.1) is 0 Å². The average molecular weight is 277 g/mol. The minimum absolute atomic E-state index is 0.0299. The summed E-state index contributed by atoms with van der Waals surface area (Å²) in [4.78, 5) is 15.6. The number of benzene rings is 1. The summed E-state index contributed by atoms with van der Waals surface area (Å²) in [6, 6.07) is 8.78. The van der Waals surface area contributed by atoms with Gasteiger partial charge in [-0.2, -0.15) is 0 Å². The number of carbonyl (C=O) groups is 1. The van der Waals surface area contributed by atoms with Crippen molar-refractivity contribution >= 4 is 11.6 Å². The summed E-state index contributed by atoms with van der Waals surface area (Å²) in [6.45, 7) is 0.289. The molecule has 1 aromatic heterocycles. The van der Waals surface area contributed by atoms with Crippen LogP contribution in [0.5, 0.6) is 0 Å². The molecule has 6 heteroatoms. The lowest BCUT2D eigenvalue weighted by molar-refractivity contribution is -0.119. The molecule has 1 amide bonds. The van der Waals surface area contributed by atoms with E-state index < -0.39 is 11.6 Å². The highest BCUT2D eigenvalue weighted by atomic mass is 19.2. The maximum Gasteiger partial charge on any atom is 0.239 e. The van der Waals surface area contributed by atoms with Gasteiger partial charge in [-0.1, -0.05) is 6.07 Å². The van der Waals surface area contributed by atoms with Crippen LogP contribution in [0.1, 0.15) is 5.69 Å². The lowest BCUT2D eigenvalue weighted by Crippen LogP contribution is -2.29. The molecule has 2 aromatic rings. The van der Waals surface area contributed by atoms with Crippen LogP contribution in [0.25, 0.3) is 0 Å². The number of pyridine rings is 1. The molecular formula is C14H13F2N3O. The fourth-order valence-electron chi connectivity index (χ4n) is 1.54. The Bertz CT molecular complexity index is 590. The summed E-state index contributed by atoms with van der Waals surface area (Å²) in [5, 5.41) is 5.37. The smallest absolute Gasteiger partial charge is 0.239 e. The molecule has 0 atom stereocenters. The Kier molecular flexibility index (Phi) is 4.60. The molecule has 0 aliphatic carbocycles. The second-order valence-electron chi connectivity index (χ2n) is 4.08. The van der Waals surface area contributed by atoms with Crippen molar-refractivity contribution in [2.24, 2.45) is 0 Å². The van der Waals surface area contributed by atoms with E-state index in [1.54, 1.807) is 18.3 Å². The number of hydrogen-bond acceptors (Lipinski definition) is 3. The highest BCUT2D eigenvalue weighted by Crippen LogP contribution is 2.12. The predicted molar refractivity (Wildman–Crippen MR) is 70.9 cm³/mol. The van der Waals surface area contributed by atoms with E-state index in [9.17, 15) is 13.6 Å². The van der Waals surface area contributed by atoms with Crippen LogP contribution in [-0.2, 0) is 11.3 Å². The Morgan fingerprint density at radius 1 is 1.15 bits per heavy atom. The number of nitrogens with one attached hydrogen (secondary N) is 2. The van der Waals surface area contributed by atoms with Gasteiger partial charge in [0, 0.05) is 18.0 Å². The van der Waals surface area contributed by atoms with Crippen molar-refractivity contribution in [1.82, 2.24) is 10.3 Å². The van der Waals surface area contributed by atoms with Gasteiger partial charge in [-0.25, -0.2) is 8.78 Å². The molecular weight excluding hydrogens is 264 g/mol. The van der Waals surface area contributed by atoms with E-state index in [-0.39, 0.29) is 12.5 Å². The minimum atomic E-state index is -0.955. The topological polar surface area (TPSA) is 54.0 Å². The first-order valence-corrected chi connectivity index (χ1v) is 6.00. The Labute approximate surface area is 114 Å². The molecule has 0 radical (unpaired) electrons. The fraction of sp³-hybridized carbons (Fsp3) is 0.143. The monoisotopic (exact) mass is 277 g/mol. The average Bonchev–Trinajstić information content (AvgIpc) is 2.47. The third-order valence-corrected chi connectivity index (χ3v) is 2.57. The Morgan fingerprint density at radius 3 is 2.70 bits per heavy atom. The van der Waals surface area contributed by atoms with E-state index >= 15 is 0 Å². The quantitative estimate of drug-likeness (QED) is 0.880. The number of anilines is 1. The zero-order valence-electron chi connectivity index (χ0n) is 10.6. The maximum atomic E-state index is 12.9. The van der Waals surface area contributed by atoms with Crippen molar-refractivity contribution < 1.29 is 13.6 Å². The highest BCUT2D eigenvalue weighted by Gasteiger charge is 2.04. The zero-order valence-corrected chi connectivity index (χ0v) is 10.6. The van der Waals surface area contributed by atoms with E-state index in [4.69, 9.17) is 0 Å². The molecule has 20 heavy (non-hydrogen) atoms. The second-order valence-corrected chi connectivity index (χ2v) is 4.08. The maximum absolute atomic E-state index is 12.9. The van der Waals surface area contributed by atoms with Crippen LogP contribution >= 0.6 is 0 Å². The largest absolute Gasteiger partial charge is 0.376 e. The number of rotatable bonds is 5. The van der Waals surface area contributed by atoms with Gasteiger partial charge in [-0.05, 0) is 24.3 Å². The molecule has 0 saturated heterocycles. The summed E-state index contributed by atoms with van der Waals surface area (Å²) in [5.41, 5.74) is 1.09. The third-order valence-electron chi connectivity index (χ3n) is 2.57. The van der Waals surface area contributed by atoms with Crippen LogP contribution in [-0.4, -0.2) is 17.4 Å². The molecule has 2 rings (SSSR count). The standard InChI is InChI=1S/C14H13F2N3O/c15-12-5-4-10(7-13(12)16)18-9-14(20)19-8-11-3-1-2-6-17-11/h1-7,18H,8-9H2,(H,19,20). The molecule has 0 bridgehead atoms. The van der Waals surface area contributed by atoms with Crippen molar-refractivity contribution in [3.05, 3.63) is 59.9 Å². The zero-order chi connectivity index (χ0) is 14.4. The first kappa shape index (κ1) is 13.9. The van der Waals surface area contributed by atoms with Crippen LogP contribution in [0, 0.1) is 11.6 Å². The molecule has 0 aliphatic rings. The molecule has 0 fully saturated rings. The molecule has 1 heterocycles. The molecule has 0 spiro atoms. The SMILES string of the molecule is O=C(CNc1ccc(F)c(F)c1)NCc1ccccn1. The first-order valence-electron chi connectivity index (χ1n) is 6.00. The Hall–Kier alpha value is -2.50. The van der Waals surface area contributed by atoms with E-state index in [2.05, 4.69) is 15.6 Å². The summed E-state index contributed by atoms with van der Waals surface area (Å²) in [5.74, 6) is -2.14. The van der Waals surface area contributed by atoms with Crippen LogP contribution in [0.15, 0.2) is 42.6 Å². The summed E-state index contributed by atoms with van der Waals surface area (Å²) >= 11 is 0. The molecule has 0 aliphatic heterocycles. The first-order chi connectivity index (χ1) is 9.65. The molecule has 0 unspecified atom stereocenters. The van der Waals surface area contributed by atoms with Gasteiger partial charge in [0.15, 0.2) is 11.6 Å². The van der Waals surface area contributed by atoms with Gasteiger partial charge in [0.25, 0.3) is 0 Å². The number of halogens is 2. The number of aromatic nitrogens is 1. The number of carbonyl (C=O) groups excluding carboxylic acids is 1.